The number of carbonyl (C=O) groups is 1. The number of nitrogens with zero attached hydrogens (tertiary/aromatic N) is 3. The van der Waals surface area contributed by atoms with Gasteiger partial charge >= 0.3 is 0 Å². The summed E-state index contributed by atoms with van der Waals surface area (Å²) in [6, 6.07) is 21.6. The van der Waals surface area contributed by atoms with Gasteiger partial charge in [0.05, 0.1) is 12.3 Å². The highest BCUT2D eigenvalue weighted by Crippen LogP contribution is 2.29. The summed E-state index contributed by atoms with van der Waals surface area (Å²) < 4.78 is 11.2. The van der Waals surface area contributed by atoms with E-state index in [1.54, 1.807) is 53.3 Å². The Morgan fingerprint density at radius 3 is 2.49 bits per heavy atom. The van der Waals surface area contributed by atoms with E-state index < -0.39 is 5.91 Å². The number of benzene rings is 3. The molecule has 0 aliphatic carbocycles. The quantitative estimate of drug-likeness (QED) is 0.160. The number of hydrogen-bond donors (Lipinski definition) is 2. The molecule has 0 unspecified atom stereocenters. The summed E-state index contributed by atoms with van der Waals surface area (Å²) >= 11 is 17.4. The van der Waals surface area contributed by atoms with E-state index in [0.29, 0.717) is 44.9 Å². The van der Waals surface area contributed by atoms with Crippen LogP contribution in [0.3, 0.4) is 0 Å². The van der Waals surface area contributed by atoms with Gasteiger partial charge in [-0.2, -0.15) is 4.80 Å². The molecule has 0 aliphatic heterocycles. The van der Waals surface area contributed by atoms with E-state index in [1.165, 1.54) is 6.08 Å². The second kappa shape index (κ2) is 11.7. The fourth-order valence-corrected chi connectivity index (χ4v) is 4.46. The van der Waals surface area contributed by atoms with Crippen molar-refractivity contribution in [2.45, 2.75) is 6.92 Å². The molecule has 0 aliphatic rings. The zero-order chi connectivity index (χ0) is 27.4. The van der Waals surface area contributed by atoms with Crippen molar-refractivity contribution in [3.8, 4) is 22.8 Å². The van der Waals surface area contributed by atoms with Gasteiger partial charge in [0.25, 0.3) is 0 Å². The van der Waals surface area contributed by atoms with Crippen LogP contribution in [0.15, 0.2) is 83.3 Å². The van der Waals surface area contributed by atoms with Gasteiger partial charge in [0.15, 0.2) is 5.11 Å². The van der Waals surface area contributed by atoms with Gasteiger partial charge in [-0.1, -0.05) is 23.2 Å². The van der Waals surface area contributed by atoms with Crippen LogP contribution < -0.4 is 15.4 Å². The van der Waals surface area contributed by atoms with Crippen molar-refractivity contribution in [3.63, 3.8) is 0 Å². The van der Waals surface area contributed by atoms with Gasteiger partial charge in [-0.3, -0.25) is 10.1 Å². The lowest BCUT2D eigenvalue weighted by Crippen LogP contribution is -2.32. The number of thiocarbonyl (C=S) groups is 1. The molecular weight excluding hydrogens is 557 g/mol. The second-order valence-electron chi connectivity index (χ2n) is 8.26. The summed E-state index contributed by atoms with van der Waals surface area (Å²) in [5.41, 5.74) is 3.58. The van der Waals surface area contributed by atoms with Crippen LogP contribution in [0.2, 0.25) is 10.0 Å². The fourth-order valence-electron chi connectivity index (χ4n) is 3.72. The Kier molecular flexibility index (Phi) is 7.92. The average Bonchev–Trinajstić information content (AvgIpc) is 3.55. The third-order valence-electron chi connectivity index (χ3n) is 5.43. The van der Waals surface area contributed by atoms with Crippen LogP contribution in [0.5, 0.6) is 5.75 Å². The fraction of sp³-hybridized carbons (Fsp3) is 0.0714. The highest BCUT2D eigenvalue weighted by atomic mass is 35.5. The van der Waals surface area contributed by atoms with E-state index in [0.717, 1.165) is 17.0 Å². The topological polar surface area (TPSA) is 94.2 Å². The molecule has 196 valence electrons. The molecule has 1 amide bonds. The van der Waals surface area contributed by atoms with Crippen molar-refractivity contribution in [3.05, 3.63) is 94.7 Å². The molecule has 0 saturated heterocycles. The molecule has 5 rings (SSSR count). The highest BCUT2D eigenvalue weighted by Gasteiger charge is 2.09. The lowest BCUT2D eigenvalue weighted by Gasteiger charge is -2.07. The highest BCUT2D eigenvalue weighted by molar-refractivity contribution is 7.80. The lowest BCUT2D eigenvalue weighted by atomic mass is 10.2. The molecule has 11 heteroatoms. The van der Waals surface area contributed by atoms with Crippen molar-refractivity contribution in [1.29, 1.82) is 0 Å². The van der Waals surface area contributed by atoms with Gasteiger partial charge in [-0.05, 0) is 98.0 Å². The summed E-state index contributed by atoms with van der Waals surface area (Å²) in [4.78, 5) is 13.9. The molecule has 3 aromatic carbocycles. The maximum atomic E-state index is 12.4. The number of furan rings is 1. The summed E-state index contributed by atoms with van der Waals surface area (Å²) in [6.07, 6.45) is 2.87. The molecule has 0 radical (unpaired) electrons. The molecule has 0 spiro atoms. The molecule has 2 N–H and O–H groups in total. The maximum Gasteiger partial charge on any atom is 0.250 e. The zero-order valence-electron chi connectivity index (χ0n) is 20.5. The number of rotatable bonds is 7. The van der Waals surface area contributed by atoms with E-state index in [-0.39, 0.29) is 5.11 Å². The Bertz CT molecular complexity index is 1680. The molecule has 5 aromatic rings. The van der Waals surface area contributed by atoms with E-state index in [9.17, 15) is 4.79 Å². The smallest absolute Gasteiger partial charge is 0.250 e. The Balaban J connectivity index is 1.19. The number of amides is 1. The van der Waals surface area contributed by atoms with Crippen molar-refractivity contribution in [1.82, 2.24) is 20.3 Å². The number of nitrogens with one attached hydrogen (secondary N) is 2. The number of halogens is 2. The van der Waals surface area contributed by atoms with Gasteiger partial charge in [-0.25, -0.2) is 0 Å². The van der Waals surface area contributed by atoms with Crippen molar-refractivity contribution in [2.24, 2.45) is 0 Å². The van der Waals surface area contributed by atoms with Crippen LogP contribution in [0, 0.1) is 0 Å². The predicted octanol–water partition coefficient (Wildman–Crippen LogP) is 6.91. The third kappa shape index (κ3) is 6.64. The van der Waals surface area contributed by atoms with Crippen molar-refractivity contribution in [2.75, 3.05) is 11.9 Å². The SMILES string of the molecule is CCOc1ccc(-n2nc3ccc(NC(=S)NC(=O)/C=C/c4ccc(-c5cc(Cl)cc(Cl)c5)o4)cc3n2)cc1. The third-order valence-corrected chi connectivity index (χ3v) is 6.07. The minimum atomic E-state index is -0.418. The number of hydrogen-bond acceptors (Lipinski definition) is 6. The van der Waals surface area contributed by atoms with Crippen LogP contribution in [-0.2, 0) is 4.79 Å². The first-order valence-electron chi connectivity index (χ1n) is 11.8. The van der Waals surface area contributed by atoms with Crippen LogP contribution >= 0.6 is 35.4 Å². The first kappa shape index (κ1) is 26.4. The predicted molar refractivity (Wildman–Crippen MR) is 158 cm³/mol. The summed E-state index contributed by atoms with van der Waals surface area (Å²) in [6.45, 7) is 2.54. The molecular formula is C28H21Cl2N5O3S. The largest absolute Gasteiger partial charge is 0.494 e. The maximum absolute atomic E-state index is 12.4. The Morgan fingerprint density at radius 1 is 1.00 bits per heavy atom. The normalized spacial score (nSPS) is 11.2. The van der Waals surface area contributed by atoms with Gasteiger partial charge in [0, 0.05) is 27.4 Å². The number of ether oxygens (including phenoxy) is 1. The van der Waals surface area contributed by atoms with Crippen molar-refractivity contribution < 1.29 is 13.9 Å². The van der Waals surface area contributed by atoms with Gasteiger partial charge < -0.3 is 14.5 Å². The summed E-state index contributed by atoms with van der Waals surface area (Å²) in [5, 5.41) is 15.8. The van der Waals surface area contributed by atoms with Crippen LogP contribution in [0.1, 0.15) is 12.7 Å². The van der Waals surface area contributed by atoms with E-state index >= 15 is 0 Å². The molecule has 0 bridgehead atoms. The molecule has 0 saturated carbocycles. The Morgan fingerprint density at radius 2 is 1.74 bits per heavy atom. The molecule has 2 aromatic heterocycles. The molecule has 8 nitrogen and oxygen atoms in total. The van der Waals surface area contributed by atoms with Crippen molar-refractivity contribution >= 4 is 69.2 Å². The lowest BCUT2D eigenvalue weighted by molar-refractivity contribution is -0.115. The zero-order valence-corrected chi connectivity index (χ0v) is 22.8. The second-order valence-corrected chi connectivity index (χ2v) is 9.54. The van der Waals surface area contributed by atoms with Gasteiger partial charge in [0.1, 0.15) is 28.3 Å². The Hall–Kier alpha value is -4.18. The first-order valence-corrected chi connectivity index (χ1v) is 13.0. The first-order chi connectivity index (χ1) is 18.9. The number of fused-ring (bicyclic) bond motifs is 1. The van der Waals surface area contributed by atoms with E-state index in [2.05, 4.69) is 20.8 Å². The van der Waals surface area contributed by atoms with Crippen LogP contribution in [-0.4, -0.2) is 32.6 Å². The average molecular weight is 578 g/mol. The molecule has 39 heavy (non-hydrogen) atoms. The minimum Gasteiger partial charge on any atom is -0.494 e. The van der Waals surface area contributed by atoms with Gasteiger partial charge in [0.2, 0.25) is 5.91 Å². The number of carbonyl (C=O) groups excluding carboxylic acids is 1. The summed E-state index contributed by atoms with van der Waals surface area (Å²) in [7, 11) is 0. The molecule has 0 atom stereocenters. The number of aromatic nitrogens is 3. The molecule has 2 heterocycles. The minimum absolute atomic E-state index is 0.136. The monoisotopic (exact) mass is 577 g/mol. The van der Waals surface area contributed by atoms with Crippen LogP contribution in [0.4, 0.5) is 5.69 Å². The Labute approximate surface area is 239 Å². The van der Waals surface area contributed by atoms with E-state index in [1.807, 2.05) is 37.3 Å². The van der Waals surface area contributed by atoms with Crippen LogP contribution in [0.25, 0.3) is 34.1 Å². The molecule has 0 fully saturated rings. The van der Waals surface area contributed by atoms with Gasteiger partial charge in [-0.15, -0.1) is 10.2 Å². The number of anilines is 1. The summed E-state index contributed by atoms with van der Waals surface area (Å²) in [5.74, 6) is 1.42. The standard InChI is InChI=1S/C28H21Cl2N5O3S/c1-2-37-22-6-4-21(5-7-22)35-33-24-10-3-20(16-25(24)34-35)31-28(39)32-27(36)12-9-23-8-11-26(38-23)17-13-18(29)15-19(30)14-17/h3-16H,2H2,1H3,(H2,31,32,36,39)/b12-9+. The van der Waals surface area contributed by atoms with E-state index in [4.69, 9.17) is 44.6 Å².